The van der Waals surface area contributed by atoms with Crippen LogP contribution in [0.25, 0.3) is 0 Å². The Morgan fingerprint density at radius 3 is 2.20 bits per heavy atom. The molecular formula is C34H43N5O2. The van der Waals surface area contributed by atoms with Crippen molar-refractivity contribution in [3.8, 4) is 0 Å². The minimum Gasteiger partial charge on any atom is -0.465 e. The summed E-state index contributed by atoms with van der Waals surface area (Å²) in [6.07, 6.45) is 5.55. The van der Waals surface area contributed by atoms with Crippen LogP contribution in [0.5, 0.6) is 0 Å². The van der Waals surface area contributed by atoms with Gasteiger partial charge in [0.2, 0.25) is 0 Å². The van der Waals surface area contributed by atoms with Crippen molar-refractivity contribution in [2.45, 2.75) is 44.8 Å². The number of piperazine rings is 1. The van der Waals surface area contributed by atoms with Gasteiger partial charge in [-0.05, 0) is 85.3 Å². The molecule has 2 saturated heterocycles. The maximum absolute atomic E-state index is 11.7. The minimum absolute atomic E-state index is 0.297. The van der Waals surface area contributed by atoms with E-state index in [0.29, 0.717) is 11.5 Å². The monoisotopic (exact) mass is 553 g/mol. The summed E-state index contributed by atoms with van der Waals surface area (Å²) in [5, 5.41) is 0. The van der Waals surface area contributed by atoms with Gasteiger partial charge < -0.3 is 14.5 Å². The first kappa shape index (κ1) is 27.9. The highest BCUT2D eigenvalue weighted by atomic mass is 16.5. The van der Waals surface area contributed by atoms with Gasteiger partial charge >= 0.3 is 5.97 Å². The van der Waals surface area contributed by atoms with Crippen molar-refractivity contribution >= 4 is 11.8 Å². The molecule has 1 aromatic heterocycles. The average Bonchev–Trinajstić information content (AvgIpc) is 3.40. The lowest BCUT2D eigenvalue weighted by molar-refractivity contribution is 0.0600. The third kappa shape index (κ3) is 6.80. The van der Waals surface area contributed by atoms with Crippen LogP contribution in [0.4, 0.5) is 5.82 Å². The zero-order valence-corrected chi connectivity index (χ0v) is 24.6. The van der Waals surface area contributed by atoms with Gasteiger partial charge in [0.1, 0.15) is 5.82 Å². The Balaban J connectivity index is 1.01. The summed E-state index contributed by atoms with van der Waals surface area (Å²) in [5.41, 5.74) is 7.41. The van der Waals surface area contributed by atoms with Crippen LogP contribution in [0.15, 0.2) is 60.8 Å². The molecule has 7 nitrogen and oxygen atoms in total. The summed E-state index contributed by atoms with van der Waals surface area (Å²) in [6.45, 7) is 10.8. The van der Waals surface area contributed by atoms with Crippen LogP contribution < -0.4 is 4.90 Å². The lowest BCUT2D eigenvalue weighted by atomic mass is 9.89. The highest BCUT2D eigenvalue weighted by Gasteiger charge is 2.25. The molecule has 0 saturated carbocycles. The van der Waals surface area contributed by atoms with Crippen molar-refractivity contribution < 1.29 is 9.53 Å². The van der Waals surface area contributed by atoms with E-state index in [0.717, 1.165) is 64.6 Å². The van der Waals surface area contributed by atoms with Crippen LogP contribution in [0.1, 0.15) is 56.9 Å². The number of benzene rings is 2. The summed E-state index contributed by atoms with van der Waals surface area (Å²) in [4.78, 5) is 26.7. The molecule has 3 aliphatic rings. The summed E-state index contributed by atoms with van der Waals surface area (Å²) < 4.78 is 4.82. The van der Waals surface area contributed by atoms with Gasteiger partial charge in [0.25, 0.3) is 0 Å². The molecule has 6 rings (SSSR count). The number of carbonyl (C=O) groups excluding carboxylic acids is 1. The number of pyridine rings is 1. The van der Waals surface area contributed by atoms with Gasteiger partial charge in [-0.25, -0.2) is 9.78 Å². The number of likely N-dealkylation sites (tertiary alicyclic amines) is 1. The van der Waals surface area contributed by atoms with Crippen LogP contribution in [0.3, 0.4) is 0 Å². The van der Waals surface area contributed by atoms with Gasteiger partial charge in [-0.2, -0.15) is 0 Å². The SMILES string of the molecule is COC(=O)c1ccc(CN2CCc3cc(C4CCN(Cc5cccc(CN6CCN(C)CC6)c5)CC4)cnc32)cc1. The Morgan fingerprint density at radius 2 is 1.51 bits per heavy atom. The smallest absolute Gasteiger partial charge is 0.337 e. The molecule has 0 amide bonds. The molecule has 0 atom stereocenters. The zero-order valence-electron chi connectivity index (χ0n) is 24.6. The van der Waals surface area contributed by atoms with Gasteiger partial charge in [-0.3, -0.25) is 9.80 Å². The molecule has 41 heavy (non-hydrogen) atoms. The summed E-state index contributed by atoms with van der Waals surface area (Å²) in [5.74, 6) is 1.40. The molecule has 0 unspecified atom stereocenters. The summed E-state index contributed by atoms with van der Waals surface area (Å²) in [6, 6.07) is 19.4. The molecule has 7 heteroatoms. The maximum atomic E-state index is 11.7. The first-order chi connectivity index (χ1) is 20.0. The van der Waals surface area contributed by atoms with Crippen molar-refractivity contribution in [1.29, 1.82) is 0 Å². The molecule has 0 bridgehead atoms. The van der Waals surface area contributed by atoms with Crippen LogP contribution in [0.2, 0.25) is 0 Å². The number of likely N-dealkylation sites (N-methyl/N-ethyl adjacent to an activating group) is 1. The molecule has 4 heterocycles. The van der Waals surface area contributed by atoms with E-state index in [1.807, 2.05) is 24.3 Å². The Bertz CT molecular complexity index is 1330. The fourth-order valence-corrected chi connectivity index (χ4v) is 6.59. The number of hydrogen-bond donors (Lipinski definition) is 0. The number of carbonyl (C=O) groups is 1. The summed E-state index contributed by atoms with van der Waals surface area (Å²) >= 11 is 0. The van der Waals surface area contributed by atoms with Crippen molar-refractivity contribution in [2.75, 3.05) is 64.9 Å². The van der Waals surface area contributed by atoms with Crippen molar-refractivity contribution in [1.82, 2.24) is 19.7 Å². The van der Waals surface area contributed by atoms with Gasteiger partial charge in [0.05, 0.1) is 12.7 Å². The lowest BCUT2D eigenvalue weighted by Gasteiger charge is -2.33. The molecule has 3 aliphatic heterocycles. The van der Waals surface area contributed by atoms with Gasteiger partial charge in [0, 0.05) is 58.6 Å². The lowest BCUT2D eigenvalue weighted by Crippen LogP contribution is -2.43. The van der Waals surface area contributed by atoms with Crippen molar-refractivity contribution in [3.05, 3.63) is 94.2 Å². The first-order valence-electron chi connectivity index (χ1n) is 15.2. The average molecular weight is 554 g/mol. The van der Waals surface area contributed by atoms with Crippen LogP contribution >= 0.6 is 0 Å². The second-order valence-electron chi connectivity index (χ2n) is 12.1. The molecule has 0 spiro atoms. The second kappa shape index (κ2) is 12.7. The molecule has 0 N–H and O–H groups in total. The molecule has 3 aromatic rings. The highest BCUT2D eigenvalue weighted by molar-refractivity contribution is 5.89. The number of rotatable bonds is 8. The fourth-order valence-electron chi connectivity index (χ4n) is 6.59. The predicted octanol–water partition coefficient (Wildman–Crippen LogP) is 4.56. The number of methoxy groups -OCH3 is 1. The number of hydrogen-bond acceptors (Lipinski definition) is 7. The molecule has 2 fully saturated rings. The minimum atomic E-state index is -0.297. The van der Waals surface area contributed by atoms with E-state index in [4.69, 9.17) is 9.72 Å². The number of aromatic nitrogens is 1. The Labute approximate surface area is 244 Å². The number of nitrogens with zero attached hydrogens (tertiary/aromatic N) is 5. The van der Waals surface area contributed by atoms with E-state index in [1.54, 1.807) is 0 Å². The van der Waals surface area contributed by atoms with Crippen LogP contribution in [0, 0.1) is 0 Å². The number of ether oxygens (including phenoxy) is 1. The normalized spacial score (nSPS) is 18.9. The van der Waals surface area contributed by atoms with Crippen molar-refractivity contribution in [2.24, 2.45) is 0 Å². The van der Waals surface area contributed by atoms with E-state index in [-0.39, 0.29) is 5.97 Å². The quantitative estimate of drug-likeness (QED) is 0.379. The number of fused-ring (bicyclic) bond motifs is 1. The van der Waals surface area contributed by atoms with Gasteiger partial charge in [-0.1, -0.05) is 42.5 Å². The van der Waals surface area contributed by atoms with Gasteiger partial charge in [0.15, 0.2) is 0 Å². The molecule has 0 aliphatic carbocycles. The van der Waals surface area contributed by atoms with Gasteiger partial charge in [-0.15, -0.1) is 0 Å². The second-order valence-corrected chi connectivity index (χ2v) is 12.1. The third-order valence-electron chi connectivity index (χ3n) is 9.12. The van der Waals surface area contributed by atoms with E-state index >= 15 is 0 Å². The fraction of sp³-hybridized carbons (Fsp3) is 0.471. The van der Waals surface area contributed by atoms with E-state index in [2.05, 4.69) is 63.2 Å². The van der Waals surface area contributed by atoms with Crippen LogP contribution in [-0.2, 0) is 30.8 Å². The largest absolute Gasteiger partial charge is 0.465 e. The number of anilines is 1. The Kier molecular flexibility index (Phi) is 8.65. The molecule has 2 aromatic carbocycles. The Hall–Kier alpha value is -3.26. The predicted molar refractivity (Wildman–Crippen MR) is 163 cm³/mol. The van der Waals surface area contributed by atoms with E-state index in [9.17, 15) is 4.79 Å². The highest BCUT2D eigenvalue weighted by Crippen LogP contribution is 2.34. The maximum Gasteiger partial charge on any atom is 0.337 e. The summed E-state index contributed by atoms with van der Waals surface area (Å²) in [7, 11) is 3.63. The number of piperidine rings is 1. The third-order valence-corrected chi connectivity index (χ3v) is 9.12. The molecule has 0 radical (unpaired) electrons. The topological polar surface area (TPSA) is 52.2 Å². The Morgan fingerprint density at radius 1 is 0.829 bits per heavy atom. The number of esters is 1. The zero-order chi connectivity index (χ0) is 28.2. The van der Waals surface area contributed by atoms with Crippen molar-refractivity contribution in [3.63, 3.8) is 0 Å². The van der Waals surface area contributed by atoms with E-state index in [1.165, 1.54) is 60.9 Å². The molecule has 216 valence electrons. The first-order valence-corrected chi connectivity index (χ1v) is 15.2. The van der Waals surface area contributed by atoms with E-state index < -0.39 is 0 Å². The van der Waals surface area contributed by atoms with Crippen LogP contribution in [-0.4, -0.2) is 85.6 Å². The molecular weight excluding hydrogens is 510 g/mol. The standard InChI is InChI=1S/C34H43N5O2/c1-36-16-18-38(19-17-36)24-28-5-3-4-27(20-28)23-37-13-10-29(11-14-37)32-21-31-12-15-39(33(31)35-22-32)25-26-6-8-30(9-7-26)34(40)41-2/h3-9,20-22,29H,10-19,23-25H2,1-2H3.